The number of nitrogens with one attached hydrogen (secondary N) is 1. The van der Waals surface area contributed by atoms with E-state index in [1.807, 2.05) is 14.1 Å². The van der Waals surface area contributed by atoms with Crippen LogP contribution in [-0.2, 0) is 14.3 Å². The molecule has 0 aliphatic carbocycles. The Kier molecular flexibility index (Phi) is 5.48. The van der Waals surface area contributed by atoms with Crippen LogP contribution >= 0.6 is 0 Å². The average Bonchev–Trinajstić information content (AvgIpc) is 3.03. The summed E-state index contributed by atoms with van der Waals surface area (Å²) in [6.07, 6.45) is 1.97. The number of amides is 2. The van der Waals surface area contributed by atoms with Gasteiger partial charge in [0.1, 0.15) is 5.75 Å². The van der Waals surface area contributed by atoms with Gasteiger partial charge in [0.05, 0.1) is 5.92 Å². The van der Waals surface area contributed by atoms with E-state index in [1.165, 1.54) is 0 Å². The van der Waals surface area contributed by atoms with E-state index in [0.717, 1.165) is 12.8 Å². The highest BCUT2D eigenvalue weighted by molar-refractivity contribution is 6.00. The average molecular weight is 361 g/mol. The van der Waals surface area contributed by atoms with Crippen LogP contribution in [0, 0.1) is 5.92 Å². The highest BCUT2D eigenvalue weighted by atomic mass is 16.5. The highest BCUT2D eigenvalue weighted by Gasteiger charge is 2.38. The molecule has 142 valence electrons. The number of hydrogen-bond acceptors (Lipinski definition) is 5. The quantitative estimate of drug-likeness (QED) is 0.817. The van der Waals surface area contributed by atoms with Crippen LogP contribution in [0.5, 0.6) is 5.75 Å². The first-order valence-electron chi connectivity index (χ1n) is 9.03. The number of anilines is 1. The molecule has 2 fully saturated rings. The van der Waals surface area contributed by atoms with Gasteiger partial charge in [-0.1, -0.05) is 0 Å². The van der Waals surface area contributed by atoms with Crippen LogP contribution < -0.4 is 10.2 Å². The summed E-state index contributed by atoms with van der Waals surface area (Å²) in [6.45, 7) is 2.33. The van der Waals surface area contributed by atoms with Crippen molar-refractivity contribution >= 4 is 17.5 Å². The number of nitrogens with zero attached hydrogens (tertiary/aromatic N) is 2. The van der Waals surface area contributed by atoms with Crippen LogP contribution in [-0.4, -0.2) is 67.8 Å². The van der Waals surface area contributed by atoms with Crippen LogP contribution in [0.25, 0.3) is 0 Å². The molecule has 1 aromatic carbocycles. The largest absolute Gasteiger partial charge is 0.508 e. The number of hydrogen-bond donors (Lipinski definition) is 2. The highest BCUT2D eigenvalue weighted by Crippen LogP contribution is 2.28. The van der Waals surface area contributed by atoms with Crippen molar-refractivity contribution in [1.82, 2.24) is 10.2 Å². The molecule has 7 heteroatoms. The molecule has 0 saturated carbocycles. The standard InChI is InChI=1S/C19H27N3O4/c1-21(2)19(7-9-26-10-8-19)13-20-18(25)14-11-17(24)22(12-14)15-3-5-16(23)6-4-15/h3-6,14,23H,7-13H2,1-2H3,(H,20,25)/t14-/m0/s1. The monoisotopic (exact) mass is 361 g/mol. The van der Waals surface area contributed by atoms with Gasteiger partial charge in [-0.25, -0.2) is 0 Å². The van der Waals surface area contributed by atoms with E-state index in [-0.39, 0.29) is 35.4 Å². The Morgan fingerprint density at radius 2 is 1.96 bits per heavy atom. The molecule has 2 saturated heterocycles. The first kappa shape index (κ1) is 18.7. The van der Waals surface area contributed by atoms with Crippen LogP contribution in [0.2, 0.25) is 0 Å². The third kappa shape index (κ3) is 3.83. The molecular weight excluding hydrogens is 334 g/mol. The van der Waals surface area contributed by atoms with Gasteiger partial charge < -0.3 is 25.0 Å². The summed E-state index contributed by atoms with van der Waals surface area (Å²) in [5.74, 6) is -0.341. The van der Waals surface area contributed by atoms with Gasteiger partial charge >= 0.3 is 0 Å². The summed E-state index contributed by atoms with van der Waals surface area (Å²) >= 11 is 0. The van der Waals surface area contributed by atoms with Gasteiger partial charge in [-0.3, -0.25) is 9.59 Å². The summed E-state index contributed by atoms with van der Waals surface area (Å²) in [5, 5.41) is 12.5. The fourth-order valence-corrected chi connectivity index (χ4v) is 3.69. The maximum atomic E-state index is 12.6. The molecule has 2 amide bonds. The number of likely N-dealkylation sites (N-methyl/N-ethyl adjacent to an activating group) is 1. The number of carbonyl (C=O) groups excluding carboxylic acids is 2. The number of rotatable bonds is 5. The zero-order valence-corrected chi connectivity index (χ0v) is 15.4. The van der Waals surface area contributed by atoms with E-state index in [4.69, 9.17) is 4.74 Å². The molecule has 1 atom stereocenters. The lowest BCUT2D eigenvalue weighted by atomic mass is 9.88. The van der Waals surface area contributed by atoms with Gasteiger partial charge in [0.15, 0.2) is 0 Å². The lowest BCUT2D eigenvalue weighted by Crippen LogP contribution is -2.56. The maximum absolute atomic E-state index is 12.6. The second kappa shape index (κ2) is 7.63. The van der Waals surface area contributed by atoms with E-state index >= 15 is 0 Å². The molecule has 1 aromatic rings. The third-order valence-electron chi connectivity index (χ3n) is 5.62. The number of aromatic hydroxyl groups is 1. The summed E-state index contributed by atoms with van der Waals surface area (Å²) in [5.41, 5.74) is 0.616. The molecule has 0 spiro atoms. The summed E-state index contributed by atoms with van der Waals surface area (Å²) < 4.78 is 5.46. The van der Waals surface area contributed by atoms with Crippen molar-refractivity contribution in [2.45, 2.75) is 24.8 Å². The van der Waals surface area contributed by atoms with E-state index in [0.29, 0.717) is 32.0 Å². The minimum absolute atomic E-state index is 0.0655. The Balaban J connectivity index is 1.60. The number of ether oxygens (including phenoxy) is 1. The Hall–Kier alpha value is -2.12. The first-order valence-corrected chi connectivity index (χ1v) is 9.03. The molecule has 0 bridgehead atoms. The lowest BCUT2D eigenvalue weighted by molar-refractivity contribution is -0.127. The molecule has 0 unspecified atom stereocenters. The minimum atomic E-state index is -0.352. The summed E-state index contributed by atoms with van der Waals surface area (Å²) in [6, 6.07) is 6.47. The number of benzene rings is 1. The first-order chi connectivity index (χ1) is 12.4. The van der Waals surface area contributed by atoms with Gasteiger partial charge in [-0.2, -0.15) is 0 Å². The zero-order valence-electron chi connectivity index (χ0n) is 15.4. The Bertz CT molecular complexity index is 653. The molecule has 3 rings (SSSR count). The predicted octanol–water partition coefficient (Wildman–Crippen LogP) is 0.972. The number of phenolic OH excluding ortho intramolecular Hbond substituents is 1. The fourth-order valence-electron chi connectivity index (χ4n) is 3.69. The number of phenols is 1. The normalized spacial score (nSPS) is 22.7. The zero-order chi connectivity index (χ0) is 18.7. The van der Waals surface area contributed by atoms with Crippen LogP contribution in [0.15, 0.2) is 24.3 Å². The SMILES string of the molecule is CN(C)C1(CNC(=O)[C@H]2CC(=O)N(c3ccc(O)cc3)C2)CCOCC1. The van der Waals surface area contributed by atoms with E-state index in [1.54, 1.807) is 29.2 Å². The van der Waals surface area contributed by atoms with Gasteiger partial charge in [0.2, 0.25) is 11.8 Å². The summed E-state index contributed by atoms with van der Waals surface area (Å²) in [4.78, 5) is 28.7. The van der Waals surface area contributed by atoms with Crippen LogP contribution in [0.1, 0.15) is 19.3 Å². The maximum Gasteiger partial charge on any atom is 0.227 e. The fraction of sp³-hybridized carbons (Fsp3) is 0.579. The molecule has 2 aliphatic rings. The lowest BCUT2D eigenvalue weighted by Gasteiger charge is -2.43. The van der Waals surface area contributed by atoms with Crippen molar-refractivity contribution in [3.05, 3.63) is 24.3 Å². The molecule has 0 aromatic heterocycles. The predicted molar refractivity (Wildman–Crippen MR) is 98.0 cm³/mol. The molecule has 2 aliphatic heterocycles. The van der Waals surface area contributed by atoms with Gasteiger partial charge in [0, 0.05) is 44.0 Å². The van der Waals surface area contributed by atoms with Crippen molar-refractivity contribution < 1.29 is 19.4 Å². The van der Waals surface area contributed by atoms with Gasteiger partial charge in [0.25, 0.3) is 0 Å². The van der Waals surface area contributed by atoms with Gasteiger partial charge in [-0.15, -0.1) is 0 Å². The Morgan fingerprint density at radius 1 is 1.31 bits per heavy atom. The van der Waals surface area contributed by atoms with E-state index in [9.17, 15) is 14.7 Å². The third-order valence-corrected chi connectivity index (χ3v) is 5.62. The molecule has 7 nitrogen and oxygen atoms in total. The second-order valence-electron chi connectivity index (χ2n) is 7.37. The number of carbonyl (C=O) groups is 2. The minimum Gasteiger partial charge on any atom is -0.508 e. The van der Waals surface area contributed by atoms with Crippen molar-refractivity contribution in [1.29, 1.82) is 0 Å². The molecular formula is C19H27N3O4. The van der Waals surface area contributed by atoms with Crippen molar-refractivity contribution in [2.75, 3.05) is 45.3 Å². The Labute approximate surface area is 153 Å². The molecule has 0 radical (unpaired) electrons. The van der Waals surface area contributed by atoms with Crippen molar-refractivity contribution in [3.63, 3.8) is 0 Å². The van der Waals surface area contributed by atoms with E-state index in [2.05, 4.69) is 10.2 Å². The molecule has 2 N–H and O–H groups in total. The van der Waals surface area contributed by atoms with Crippen LogP contribution in [0.4, 0.5) is 5.69 Å². The summed E-state index contributed by atoms with van der Waals surface area (Å²) in [7, 11) is 4.06. The van der Waals surface area contributed by atoms with E-state index < -0.39 is 0 Å². The van der Waals surface area contributed by atoms with Crippen molar-refractivity contribution in [2.24, 2.45) is 5.92 Å². The smallest absolute Gasteiger partial charge is 0.227 e. The topological polar surface area (TPSA) is 82.1 Å². The van der Waals surface area contributed by atoms with Crippen LogP contribution in [0.3, 0.4) is 0 Å². The molecule has 2 heterocycles. The second-order valence-corrected chi connectivity index (χ2v) is 7.37. The van der Waals surface area contributed by atoms with Crippen molar-refractivity contribution in [3.8, 4) is 5.75 Å². The van der Waals surface area contributed by atoms with Gasteiger partial charge in [-0.05, 0) is 51.2 Å². The Morgan fingerprint density at radius 3 is 2.58 bits per heavy atom. The molecule has 26 heavy (non-hydrogen) atoms.